The smallest absolute Gasteiger partial charge is 0.233 e. The van der Waals surface area contributed by atoms with Gasteiger partial charge in [-0.25, -0.2) is 0 Å². The Bertz CT molecular complexity index is 192. The summed E-state index contributed by atoms with van der Waals surface area (Å²) < 4.78 is 0. The summed E-state index contributed by atoms with van der Waals surface area (Å²) in [5.41, 5.74) is 0. The maximum absolute atomic E-state index is 11.5. The van der Waals surface area contributed by atoms with E-state index in [1.165, 1.54) is 0 Å². The van der Waals surface area contributed by atoms with E-state index in [9.17, 15) is 4.79 Å². The lowest BCUT2D eigenvalue weighted by Crippen LogP contribution is -2.40. The maximum atomic E-state index is 11.5. The van der Waals surface area contributed by atoms with Crippen LogP contribution in [0.2, 0.25) is 0 Å². The Hall–Kier alpha value is -0.570. The molecule has 0 unspecified atom stereocenters. The van der Waals surface area contributed by atoms with Crippen molar-refractivity contribution in [2.24, 2.45) is 11.8 Å². The lowest BCUT2D eigenvalue weighted by molar-refractivity contribution is -0.120. The second kappa shape index (κ2) is 9.46. The molecule has 0 aromatic carbocycles. The van der Waals surface area contributed by atoms with E-state index < -0.39 is 0 Å². The van der Waals surface area contributed by atoms with E-state index in [0.717, 1.165) is 25.8 Å². The van der Waals surface area contributed by atoms with Gasteiger partial charge in [0.05, 0.1) is 6.54 Å². The SMILES string of the molecule is CCCNC(=O)CNC(CC(C)C)CC(C)C. The van der Waals surface area contributed by atoms with Crippen LogP contribution in [0.1, 0.15) is 53.9 Å². The standard InChI is InChI=1S/C14H30N2O/c1-6-7-15-14(17)10-16-13(8-11(2)3)9-12(4)5/h11-13,16H,6-10H2,1-5H3,(H,15,17). The number of amides is 1. The Morgan fingerprint density at radius 3 is 2.00 bits per heavy atom. The lowest BCUT2D eigenvalue weighted by Gasteiger charge is -2.22. The molecular weight excluding hydrogens is 212 g/mol. The quantitative estimate of drug-likeness (QED) is 0.652. The normalized spacial score (nSPS) is 11.5. The zero-order valence-electron chi connectivity index (χ0n) is 12.2. The highest BCUT2D eigenvalue weighted by Gasteiger charge is 2.13. The summed E-state index contributed by atoms with van der Waals surface area (Å²) in [6.07, 6.45) is 3.27. The molecule has 1 amide bonds. The third-order valence-corrected chi connectivity index (χ3v) is 2.64. The van der Waals surface area contributed by atoms with Gasteiger partial charge in [-0.2, -0.15) is 0 Å². The second-order valence-corrected chi connectivity index (χ2v) is 5.69. The minimum absolute atomic E-state index is 0.115. The minimum Gasteiger partial charge on any atom is -0.355 e. The molecule has 0 bridgehead atoms. The van der Waals surface area contributed by atoms with E-state index in [2.05, 4.69) is 45.3 Å². The molecule has 0 saturated carbocycles. The number of rotatable bonds is 9. The fourth-order valence-electron chi connectivity index (χ4n) is 1.96. The zero-order chi connectivity index (χ0) is 13.3. The minimum atomic E-state index is 0.115. The average molecular weight is 242 g/mol. The highest BCUT2D eigenvalue weighted by molar-refractivity contribution is 5.77. The summed E-state index contributed by atoms with van der Waals surface area (Å²) in [5, 5.41) is 6.27. The molecule has 0 rings (SSSR count). The Labute approximate surface area is 107 Å². The molecule has 0 spiro atoms. The molecule has 0 aromatic rings. The van der Waals surface area contributed by atoms with Crippen molar-refractivity contribution >= 4 is 5.91 Å². The van der Waals surface area contributed by atoms with Gasteiger partial charge >= 0.3 is 0 Å². The molecule has 2 N–H and O–H groups in total. The van der Waals surface area contributed by atoms with Gasteiger partial charge in [-0.05, 0) is 31.1 Å². The summed E-state index contributed by atoms with van der Waals surface area (Å²) in [7, 11) is 0. The number of nitrogens with one attached hydrogen (secondary N) is 2. The van der Waals surface area contributed by atoms with E-state index >= 15 is 0 Å². The van der Waals surface area contributed by atoms with Crippen molar-refractivity contribution in [3.8, 4) is 0 Å². The maximum Gasteiger partial charge on any atom is 0.233 e. The van der Waals surface area contributed by atoms with Gasteiger partial charge in [-0.1, -0.05) is 34.6 Å². The van der Waals surface area contributed by atoms with Crippen LogP contribution in [0.5, 0.6) is 0 Å². The molecule has 0 saturated heterocycles. The monoisotopic (exact) mass is 242 g/mol. The van der Waals surface area contributed by atoms with Crippen molar-refractivity contribution in [1.82, 2.24) is 10.6 Å². The van der Waals surface area contributed by atoms with Gasteiger partial charge in [-0.15, -0.1) is 0 Å². The van der Waals surface area contributed by atoms with Crippen molar-refractivity contribution < 1.29 is 4.79 Å². The molecule has 102 valence electrons. The van der Waals surface area contributed by atoms with Crippen LogP contribution in [0.4, 0.5) is 0 Å². The van der Waals surface area contributed by atoms with Crippen molar-refractivity contribution in [3.05, 3.63) is 0 Å². The summed E-state index contributed by atoms with van der Waals surface area (Å²) in [6, 6.07) is 0.461. The van der Waals surface area contributed by atoms with E-state index in [-0.39, 0.29) is 5.91 Å². The number of hydrogen-bond donors (Lipinski definition) is 2. The molecule has 0 fully saturated rings. The highest BCUT2D eigenvalue weighted by Crippen LogP contribution is 2.12. The Balaban J connectivity index is 3.93. The van der Waals surface area contributed by atoms with E-state index in [1.807, 2.05) is 0 Å². The predicted octanol–water partition coefficient (Wildman–Crippen LogP) is 2.56. The summed E-state index contributed by atoms with van der Waals surface area (Å²) >= 11 is 0. The fourth-order valence-corrected chi connectivity index (χ4v) is 1.96. The van der Waals surface area contributed by atoms with Crippen LogP contribution in [0.15, 0.2) is 0 Å². The summed E-state index contributed by atoms with van der Waals surface area (Å²) in [5.74, 6) is 1.46. The third kappa shape index (κ3) is 10.3. The van der Waals surface area contributed by atoms with Crippen LogP contribution in [-0.4, -0.2) is 25.0 Å². The van der Waals surface area contributed by atoms with Crippen molar-refractivity contribution in [1.29, 1.82) is 0 Å². The first-order valence-corrected chi connectivity index (χ1v) is 6.95. The van der Waals surface area contributed by atoms with Crippen molar-refractivity contribution in [2.75, 3.05) is 13.1 Å². The van der Waals surface area contributed by atoms with Crippen LogP contribution in [0, 0.1) is 11.8 Å². The number of carbonyl (C=O) groups is 1. The molecule has 0 aliphatic rings. The molecule has 0 aliphatic carbocycles. The lowest BCUT2D eigenvalue weighted by atomic mass is 9.95. The molecule has 3 nitrogen and oxygen atoms in total. The van der Waals surface area contributed by atoms with Gasteiger partial charge in [0.2, 0.25) is 5.91 Å². The van der Waals surface area contributed by atoms with Gasteiger partial charge < -0.3 is 10.6 Å². The zero-order valence-corrected chi connectivity index (χ0v) is 12.2. The van der Waals surface area contributed by atoms with Gasteiger partial charge in [0.1, 0.15) is 0 Å². The highest BCUT2D eigenvalue weighted by atomic mass is 16.1. The van der Waals surface area contributed by atoms with Crippen molar-refractivity contribution in [3.63, 3.8) is 0 Å². The Kier molecular flexibility index (Phi) is 9.14. The molecule has 0 aliphatic heterocycles. The van der Waals surface area contributed by atoms with Crippen LogP contribution in [-0.2, 0) is 4.79 Å². The number of hydrogen-bond acceptors (Lipinski definition) is 2. The number of carbonyl (C=O) groups excluding carboxylic acids is 1. The topological polar surface area (TPSA) is 41.1 Å². The molecular formula is C14H30N2O. The van der Waals surface area contributed by atoms with Gasteiger partial charge in [-0.3, -0.25) is 4.79 Å². The van der Waals surface area contributed by atoms with E-state index in [4.69, 9.17) is 0 Å². The van der Waals surface area contributed by atoms with Crippen LogP contribution in [0.3, 0.4) is 0 Å². The van der Waals surface area contributed by atoms with Crippen LogP contribution in [0.25, 0.3) is 0 Å². The van der Waals surface area contributed by atoms with Gasteiger partial charge in [0, 0.05) is 12.6 Å². The first kappa shape index (κ1) is 16.4. The molecule has 0 heterocycles. The first-order chi connectivity index (χ1) is 7.95. The van der Waals surface area contributed by atoms with Crippen LogP contribution >= 0.6 is 0 Å². The predicted molar refractivity (Wildman–Crippen MR) is 74.0 cm³/mol. The molecule has 0 radical (unpaired) electrons. The first-order valence-electron chi connectivity index (χ1n) is 6.95. The third-order valence-electron chi connectivity index (χ3n) is 2.64. The van der Waals surface area contributed by atoms with Gasteiger partial charge in [0.15, 0.2) is 0 Å². The average Bonchev–Trinajstić information content (AvgIpc) is 2.21. The molecule has 0 aromatic heterocycles. The molecule has 3 heteroatoms. The Morgan fingerprint density at radius 1 is 1.06 bits per heavy atom. The summed E-state index contributed by atoms with van der Waals surface area (Å²) in [6.45, 7) is 12.2. The summed E-state index contributed by atoms with van der Waals surface area (Å²) in [4.78, 5) is 11.5. The Morgan fingerprint density at radius 2 is 1.59 bits per heavy atom. The fraction of sp³-hybridized carbons (Fsp3) is 0.929. The molecule has 0 atom stereocenters. The van der Waals surface area contributed by atoms with Gasteiger partial charge in [0.25, 0.3) is 0 Å². The van der Waals surface area contributed by atoms with E-state index in [1.54, 1.807) is 0 Å². The van der Waals surface area contributed by atoms with Crippen molar-refractivity contribution in [2.45, 2.75) is 59.9 Å². The molecule has 17 heavy (non-hydrogen) atoms. The largest absolute Gasteiger partial charge is 0.355 e. The van der Waals surface area contributed by atoms with E-state index in [0.29, 0.717) is 24.4 Å². The second-order valence-electron chi connectivity index (χ2n) is 5.69. The van der Waals surface area contributed by atoms with Crippen LogP contribution < -0.4 is 10.6 Å².